The summed E-state index contributed by atoms with van der Waals surface area (Å²) in [6.07, 6.45) is 3.62. The predicted molar refractivity (Wildman–Crippen MR) is 69.7 cm³/mol. The van der Waals surface area contributed by atoms with Gasteiger partial charge in [-0.3, -0.25) is 4.79 Å². The molecule has 0 saturated carbocycles. The van der Waals surface area contributed by atoms with Gasteiger partial charge in [0.15, 0.2) is 0 Å². The van der Waals surface area contributed by atoms with Crippen LogP contribution in [0.1, 0.15) is 36.3 Å². The third-order valence-electron chi connectivity index (χ3n) is 4.52. The fourth-order valence-electron chi connectivity index (χ4n) is 3.43. The normalized spacial score (nSPS) is 30.3. The van der Waals surface area contributed by atoms with Gasteiger partial charge in [0.05, 0.1) is 5.41 Å². The first-order valence-corrected chi connectivity index (χ1v) is 6.73. The van der Waals surface area contributed by atoms with E-state index in [-0.39, 0.29) is 0 Å². The molecule has 2 unspecified atom stereocenters. The van der Waals surface area contributed by atoms with E-state index >= 15 is 0 Å². The summed E-state index contributed by atoms with van der Waals surface area (Å²) in [5, 5.41) is 12.8. The molecule has 3 nitrogen and oxygen atoms in total. The highest BCUT2D eigenvalue weighted by atomic mass is 16.4. The van der Waals surface area contributed by atoms with Crippen molar-refractivity contribution >= 4 is 5.97 Å². The molecule has 1 aliphatic heterocycles. The van der Waals surface area contributed by atoms with Crippen LogP contribution in [0.3, 0.4) is 0 Å². The first-order chi connectivity index (χ1) is 8.71. The number of hydrogen-bond donors (Lipinski definition) is 2. The predicted octanol–water partition coefficient (Wildman–Crippen LogP) is 2.17. The molecule has 3 heteroatoms. The van der Waals surface area contributed by atoms with Crippen molar-refractivity contribution < 1.29 is 9.90 Å². The van der Waals surface area contributed by atoms with Gasteiger partial charge in [0, 0.05) is 6.54 Å². The lowest BCUT2D eigenvalue weighted by Crippen LogP contribution is -2.47. The maximum atomic E-state index is 11.6. The average Bonchev–Trinajstić information content (AvgIpc) is 2.37. The van der Waals surface area contributed by atoms with Crippen molar-refractivity contribution in [2.45, 2.75) is 31.6 Å². The Hall–Kier alpha value is -1.35. The number of piperidine rings is 1. The molecule has 1 aromatic rings. The Morgan fingerprint density at radius 2 is 2.28 bits per heavy atom. The van der Waals surface area contributed by atoms with Crippen molar-refractivity contribution in [3.8, 4) is 0 Å². The molecular weight excluding hydrogens is 226 g/mol. The van der Waals surface area contributed by atoms with E-state index in [1.165, 1.54) is 11.1 Å². The van der Waals surface area contributed by atoms with Crippen molar-refractivity contribution in [2.24, 2.45) is 5.41 Å². The van der Waals surface area contributed by atoms with Gasteiger partial charge in [-0.2, -0.15) is 0 Å². The van der Waals surface area contributed by atoms with Gasteiger partial charge in [-0.05, 0) is 49.3 Å². The van der Waals surface area contributed by atoms with E-state index in [9.17, 15) is 9.90 Å². The lowest BCUT2D eigenvalue weighted by atomic mass is 9.66. The van der Waals surface area contributed by atoms with Gasteiger partial charge in [-0.1, -0.05) is 24.3 Å². The number of carbonyl (C=O) groups is 1. The summed E-state index contributed by atoms with van der Waals surface area (Å²) in [7, 11) is 0. The SMILES string of the molecule is O=C(O)C1(CC2Cc3ccccc32)CCCNC1. The Morgan fingerprint density at radius 3 is 2.94 bits per heavy atom. The van der Waals surface area contributed by atoms with Crippen LogP contribution in [0.25, 0.3) is 0 Å². The van der Waals surface area contributed by atoms with Crippen LogP contribution in [0.5, 0.6) is 0 Å². The van der Waals surface area contributed by atoms with Crippen molar-refractivity contribution in [3.05, 3.63) is 35.4 Å². The summed E-state index contributed by atoms with van der Waals surface area (Å²) < 4.78 is 0. The molecule has 3 rings (SSSR count). The molecule has 1 saturated heterocycles. The van der Waals surface area contributed by atoms with Gasteiger partial charge in [0.1, 0.15) is 0 Å². The first kappa shape index (κ1) is 11.7. The van der Waals surface area contributed by atoms with Crippen molar-refractivity contribution in [1.82, 2.24) is 5.32 Å². The van der Waals surface area contributed by atoms with Crippen LogP contribution in [0.4, 0.5) is 0 Å². The number of carboxylic acid groups (broad SMARTS) is 1. The van der Waals surface area contributed by atoms with Crippen LogP contribution in [0.15, 0.2) is 24.3 Å². The van der Waals surface area contributed by atoms with Crippen LogP contribution >= 0.6 is 0 Å². The van der Waals surface area contributed by atoms with Gasteiger partial charge in [0.25, 0.3) is 0 Å². The molecule has 1 aliphatic carbocycles. The van der Waals surface area contributed by atoms with E-state index in [0.717, 1.165) is 32.2 Å². The molecule has 1 fully saturated rings. The lowest BCUT2D eigenvalue weighted by Gasteiger charge is -2.40. The van der Waals surface area contributed by atoms with Gasteiger partial charge < -0.3 is 10.4 Å². The number of nitrogens with one attached hydrogen (secondary N) is 1. The number of carboxylic acids is 1. The second-order valence-corrected chi connectivity index (χ2v) is 5.67. The molecule has 0 aromatic heterocycles. The van der Waals surface area contributed by atoms with Gasteiger partial charge >= 0.3 is 5.97 Å². The van der Waals surface area contributed by atoms with E-state index in [2.05, 4.69) is 29.6 Å². The summed E-state index contributed by atoms with van der Waals surface area (Å²) in [5.41, 5.74) is 2.21. The van der Waals surface area contributed by atoms with Crippen LogP contribution in [-0.2, 0) is 11.2 Å². The molecule has 1 aromatic carbocycles. The zero-order valence-electron chi connectivity index (χ0n) is 10.5. The highest BCUT2D eigenvalue weighted by Gasteiger charge is 2.43. The molecule has 2 N–H and O–H groups in total. The Kier molecular flexibility index (Phi) is 2.86. The Morgan fingerprint density at radius 1 is 1.44 bits per heavy atom. The minimum atomic E-state index is -0.626. The molecule has 0 radical (unpaired) electrons. The van der Waals surface area contributed by atoms with Crippen LogP contribution < -0.4 is 5.32 Å². The van der Waals surface area contributed by atoms with E-state index in [0.29, 0.717) is 12.5 Å². The standard InChI is InChI=1S/C15H19NO2/c17-14(18)15(6-3-7-16-10-15)9-12-8-11-4-1-2-5-13(11)12/h1-2,4-5,12,16H,3,6-10H2,(H,17,18). The molecule has 0 spiro atoms. The minimum Gasteiger partial charge on any atom is -0.481 e. The Balaban J connectivity index is 1.77. The van der Waals surface area contributed by atoms with Gasteiger partial charge in [0.2, 0.25) is 0 Å². The van der Waals surface area contributed by atoms with Crippen molar-refractivity contribution in [3.63, 3.8) is 0 Å². The van der Waals surface area contributed by atoms with Gasteiger partial charge in [-0.25, -0.2) is 0 Å². The Bertz CT molecular complexity index is 463. The number of rotatable bonds is 3. The zero-order chi connectivity index (χ0) is 12.6. The average molecular weight is 245 g/mol. The fourth-order valence-corrected chi connectivity index (χ4v) is 3.43. The third-order valence-corrected chi connectivity index (χ3v) is 4.52. The van der Waals surface area contributed by atoms with Crippen LogP contribution in [0, 0.1) is 5.41 Å². The smallest absolute Gasteiger partial charge is 0.310 e. The topological polar surface area (TPSA) is 49.3 Å². The summed E-state index contributed by atoms with van der Waals surface area (Å²) >= 11 is 0. The second kappa shape index (κ2) is 4.39. The molecule has 0 bridgehead atoms. The summed E-state index contributed by atoms with van der Waals surface area (Å²) in [4.78, 5) is 11.6. The maximum Gasteiger partial charge on any atom is 0.310 e. The minimum absolute atomic E-state index is 0.442. The molecule has 18 heavy (non-hydrogen) atoms. The molecule has 2 atom stereocenters. The number of fused-ring (bicyclic) bond motifs is 1. The molecule has 2 aliphatic rings. The molecular formula is C15H19NO2. The molecule has 1 heterocycles. The third kappa shape index (κ3) is 1.83. The highest BCUT2D eigenvalue weighted by molar-refractivity contribution is 5.75. The van der Waals surface area contributed by atoms with E-state index in [4.69, 9.17) is 0 Å². The monoisotopic (exact) mass is 245 g/mol. The number of benzene rings is 1. The zero-order valence-corrected chi connectivity index (χ0v) is 10.5. The van der Waals surface area contributed by atoms with Gasteiger partial charge in [-0.15, -0.1) is 0 Å². The second-order valence-electron chi connectivity index (χ2n) is 5.67. The largest absolute Gasteiger partial charge is 0.481 e. The van der Waals surface area contributed by atoms with Crippen molar-refractivity contribution in [2.75, 3.05) is 13.1 Å². The lowest BCUT2D eigenvalue weighted by molar-refractivity contribution is -0.151. The van der Waals surface area contributed by atoms with Crippen LogP contribution in [0.2, 0.25) is 0 Å². The quantitative estimate of drug-likeness (QED) is 0.858. The fraction of sp³-hybridized carbons (Fsp3) is 0.533. The first-order valence-electron chi connectivity index (χ1n) is 6.73. The number of hydrogen-bond acceptors (Lipinski definition) is 2. The molecule has 96 valence electrons. The van der Waals surface area contributed by atoms with E-state index < -0.39 is 11.4 Å². The summed E-state index contributed by atoms with van der Waals surface area (Å²) in [6.45, 7) is 1.58. The van der Waals surface area contributed by atoms with Crippen molar-refractivity contribution in [1.29, 1.82) is 0 Å². The molecule has 0 amide bonds. The van der Waals surface area contributed by atoms with Crippen LogP contribution in [-0.4, -0.2) is 24.2 Å². The van der Waals surface area contributed by atoms with E-state index in [1.54, 1.807) is 0 Å². The van der Waals surface area contributed by atoms with E-state index in [1.807, 2.05) is 0 Å². The highest BCUT2D eigenvalue weighted by Crippen LogP contribution is 2.45. The Labute approximate surface area is 107 Å². The summed E-state index contributed by atoms with van der Waals surface area (Å²) in [6, 6.07) is 8.41. The summed E-state index contributed by atoms with van der Waals surface area (Å²) in [5.74, 6) is -0.184. The maximum absolute atomic E-state index is 11.6. The number of aliphatic carboxylic acids is 1.